The Bertz CT molecular complexity index is 857. The third-order valence-corrected chi connectivity index (χ3v) is 5.15. The van der Waals surface area contributed by atoms with Crippen LogP contribution in [-0.4, -0.2) is 20.8 Å². The summed E-state index contributed by atoms with van der Waals surface area (Å²) in [6.07, 6.45) is 7.77. The molecule has 0 saturated heterocycles. The Balaban J connectivity index is 1.43. The van der Waals surface area contributed by atoms with Crippen molar-refractivity contribution >= 4 is 5.82 Å². The largest absolute Gasteiger partial charge is 0.366 e. The predicted octanol–water partition coefficient (Wildman–Crippen LogP) is 2.98. The highest BCUT2D eigenvalue weighted by Gasteiger charge is 2.28. The fraction of sp³-hybridized carbons (Fsp3) is 0.474. The average Bonchev–Trinajstić information content (AvgIpc) is 3.49. The monoisotopic (exact) mass is 335 g/mol. The quantitative estimate of drug-likeness (QED) is 0.928. The van der Waals surface area contributed by atoms with Gasteiger partial charge in [-0.05, 0) is 56.7 Å². The van der Waals surface area contributed by atoms with Crippen LogP contribution >= 0.6 is 0 Å². The smallest absolute Gasteiger partial charge is 0.267 e. The van der Waals surface area contributed by atoms with Crippen LogP contribution in [0, 0.1) is 11.3 Å². The summed E-state index contributed by atoms with van der Waals surface area (Å²) < 4.78 is 1.70. The zero-order valence-corrected chi connectivity index (χ0v) is 14.1. The highest BCUT2D eigenvalue weighted by molar-refractivity contribution is 5.51. The Morgan fingerprint density at radius 2 is 1.92 bits per heavy atom. The van der Waals surface area contributed by atoms with E-state index in [-0.39, 0.29) is 17.6 Å². The summed E-state index contributed by atoms with van der Waals surface area (Å²) in [5.41, 5.74) is 1.63. The number of pyridine rings is 1. The Labute approximate surface area is 146 Å². The standard InChI is InChI=1S/C19H21N5O/c20-12-14-2-1-11-21-19(14)22-15-5-7-16(8-6-15)24-18(25)10-9-17(23-24)13-3-4-13/h1-2,9-11,13,15-16H,3-8H2,(H,21,22). The molecule has 0 atom stereocenters. The van der Waals surface area contributed by atoms with E-state index in [4.69, 9.17) is 5.26 Å². The SMILES string of the molecule is N#Cc1cccnc1NC1CCC(n2nc(C3CC3)ccc2=O)CC1. The number of nitriles is 1. The fourth-order valence-electron chi connectivity index (χ4n) is 3.57. The van der Waals surface area contributed by atoms with Crippen molar-refractivity contribution in [1.82, 2.24) is 14.8 Å². The van der Waals surface area contributed by atoms with E-state index >= 15 is 0 Å². The van der Waals surface area contributed by atoms with Gasteiger partial charge in [0.2, 0.25) is 0 Å². The first-order valence-electron chi connectivity index (χ1n) is 8.96. The van der Waals surface area contributed by atoms with Crippen molar-refractivity contribution < 1.29 is 0 Å². The lowest BCUT2D eigenvalue weighted by Crippen LogP contribution is -2.33. The van der Waals surface area contributed by atoms with Gasteiger partial charge in [0.15, 0.2) is 0 Å². The molecule has 128 valence electrons. The molecule has 2 aromatic rings. The minimum absolute atomic E-state index is 0.00250. The number of rotatable bonds is 4. The van der Waals surface area contributed by atoms with Crippen LogP contribution in [0.15, 0.2) is 35.3 Å². The van der Waals surface area contributed by atoms with Gasteiger partial charge in [-0.3, -0.25) is 4.79 Å². The molecular formula is C19H21N5O. The summed E-state index contributed by atoms with van der Waals surface area (Å²) >= 11 is 0. The molecule has 6 heteroatoms. The number of aromatic nitrogens is 3. The summed E-state index contributed by atoms with van der Waals surface area (Å²) in [4.78, 5) is 16.5. The lowest BCUT2D eigenvalue weighted by molar-refractivity contribution is 0.301. The van der Waals surface area contributed by atoms with Gasteiger partial charge >= 0.3 is 0 Å². The van der Waals surface area contributed by atoms with Crippen LogP contribution in [0.25, 0.3) is 0 Å². The maximum absolute atomic E-state index is 12.2. The second-order valence-corrected chi connectivity index (χ2v) is 6.98. The van der Waals surface area contributed by atoms with Crippen molar-refractivity contribution in [2.45, 2.75) is 56.5 Å². The second kappa shape index (κ2) is 6.67. The maximum atomic E-state index is 12.2. The fourth-order valence-corrected chi connectivity index (χ4v) is 3.57. The lowest BCUT2D eigenvalue weighted by atomic mass is 9.91. The zero-order valence-electron chi connectivity index (χ0n) is 14.1. The molecule has 6 nitrogen and oxygen atoms in total. The topological polar surface area (TPSA) is 83.6 Å². The Kier molecular flexibility index (Phi) is 4.22. The molecule has 0 spiro atoms. The van der Waals surface area contributed by atoms with E-state index in [0.717, 1.165) is 31.4 Å². The molecule has 0 aromatic carbocycles. The number of nitrogens with zero attached hydrogens (tertiary/aromatic N) is 4. The van der Waals surface area contributed by atoms with E-state index < -0.39 is 0 Å². The highest BCUT2D eigenvalue weighted by Crippen LogP contribution is 2.38. The van der Waals surface area contributed by atoms with Crippen molar-refractivity contribution in [2.75, 3.05) is 5.32 Å². The minimum Gasteiger partial charge on any atom is -0.366 e. The number of nitrogens with one attached hydrogen (secondary N) is 1. The number of hydrogen-bond donors (Lipinski definition) is 1. The molecule has 2 saturated carbocycles. The van der Waals surface area contributed by atoms with Gasteiger partial charge in [0.1, 0.15) is 11.9 Å². The number of hydrogen-bond acceptors (Lipinski definition) is 5. The molecule has 0 amide bonds. The summed E-state index contributed by atoms with van der Waals surface area (Å²) in [5.74, 6) is 1.21. The van der Waals surface area contributed by atoms with Gasteiger partial charge in [0.25, 0.3) is 5.56 Å². The number of anilines is 1. The molecule has 0 radical (unpaired) electrons. The predicted molar refractivity (Wildman–Crippen MR) is 94.3 cm³/mol. The Morgan fingerprint density at radius 1 is 1.12 bits per heavy atom. The van der Waals surface area contributed by atoms with E-state index in [9.17, 15) is 4.79 Å². The van der Waals surface area contributed by atoms with Gasteiger partial charge in [-0.25, -0.2) is 9.67 Å². The Morgan fingerprint density at radius 3 is 2.64 bits per heavy atom. The van der Waals surface area contributed by atoms with Gasteiger partial charge in [-0.15, -0.1) is 0 Å². The van der Waals surface area contributed by atoms with Crippen LogP contribution in [0.1, 0.15) is 61.7 Å². The first-order chi connectivity index (χ1) is 12.2. The lowest BCUT2D eigenvalue weighted by Gasteiger charge is -2.30. The maximum Gasteiger partial charge on any atom is 0.267 e. The van der Waals surface area contributed by atoms with E-state index in [1.54, 1.807) is 29.1 Å². The molecule has 2 heterocycles. The van der Waals surface area contributed by atoms with Crippen molar-refractivity contribution in [3.05, 3.63) is 52.1 Å². The molecule has 4 rings (SSSR count). The van der Waals surface area contributed by atoms with E-state index in [1.807, 2.05) is 6.07 Å². The average molecular weight is 335 g/mol. The summed E-state index contributed by atoms with van der Waals surface area (Å²) in [5, 5.41) is 17.2. The van der Waals surface area contributed by atoms with Crippen molar-refractivity contribution in [3.8, 4) is 6.07 Å². The summed E-state index contributed by atoms with van der Waals surface area (Å²) in [6.45, 7) is 0. The molecule has 2 fully saturated rings. The molecule has 2 aliphatic rings. The van der Waals surface area contributed by atoms with E-state index in [0.29, 0.717) is 17.3 Å². The van der Waals surface area contributed by atoms with E-state index in [2.05, 4.69) is 21.5 Å². The van der Waals surface area contributed by atoms with Crippen LogP contribution in [0.5, 0.6) is 0 Å². The molecule has 2 aromatic heterocycles. The molecule has 0 bridgehead atoms. The third-order valence-electron chi connectivity index (χ3n) is 5.15. The van der Waals surface area contributed by atoms with Gasteiger partial charge < -0.3 is 5.32 Å². The van der Waals surface area contributed by atoms with Crippen LogP contribution < -0.4 is 10.9 Å². The van der Waals surface area contributed by atoms with Crippen molar-refractivity contribution in [2.24, 2.45) is 0 Å². The van der Waals surface area contributed by atoms with Gasteiger partial charge in [-0.2, -0.15) is 10.4 Å². The minimum atomic E-state index is -0.00250. The third kappa shape index (κ3) is 3.41. The summed E-state index contributed by atoms with van der Waals surface area (Å²) in [7, 11) is 0. The molecule has 1 N–H and O–H groups in total. The van der Waals surface area contributed by atoms with E-state index in [1.165, 1.54) is 12.8 Å². The van der Waals surface area contributed by atoms with Crippen molar-refractivity contribution in [3.63, 3.8) is 0 Å². The molecule has 0 aliphatic heterocycles. The molecule has 2 aliphatic carbocycles. The van der Waals surface area contributed by atoms with Gasteiger partial charge in [-0.1, -0.05) is 0 Å². The molecular weight excluding hydrogens is 314 g/mol. The first kappa shape index (κ1) is 15.8. The second-order valence-electron chi connectivity index (χ2n) is 6.98. The Hall–Kier alpha value is -2.68. The first-order valence-corrected chi connectivity index (χ1v) is 8.96. The zero-order chi connectivity index (χ0) is 17.2. The normalized spacial score (nSPS) is 23.0. The van der Waals surface area contributed by atoms with Gasteiger partial charge in [0.05, 0.1) is 17.3 Å². The van der Waals surface area contributed by atoms with Crippen molar-refractivity contribution in [1.29, 1.82) is 5.26 Å². The summed E-state index contributed by atoms with van der Waals surface area (Å²) in [6, 6.07) is 9.71. The van der Waals surface area contributed by atoms with Crippen LogP contribution in [0.4, 0.5) is 5.82 Å². The molecule has 0 unspecified atom stereocenters. The van der Waals surface area contributed by atoms with Crippen LogP contribution in [0.2, 0.25) is 0 Å². The van der Waals surface area contributed by atoms with Gasteiger partial charge in [0, 0.05) is 24.2 Å². The highest BCUT2D eigenvalue weighted by atomic mass is 16.1. The molecule has 25 heavy (non-hydrogen) atoms. The van der Waals surface area contributed by atoms with Crippen LogP contribution in [0.3, 0.4) is 0 Å². The van der Waals surface area contributed by atoms with Crippen LogP contribution in [-0.2, 0) is 0 Å².